The van der Waals surface area contributed by atoms with Gasteiger partial charge in [-0.05, 0) is 27.3 Å². The van der Waals surface area contributed by atoms with Crippen LogP contribution < -0.4 is 0 Å². The Hall–Kier alpha value is 0.500. The predicted molar refractivity (Wildman–Crippen MR) is 80.6 cm³/mol. The van der Waals surface area contributed by atoms with E-state index in [1.807, 2.05) is 37.4 Å². The summed E-state index contributed by atoms with van der Waals surface area (Å²) in [6.07, 6.45) is 0.592. The van der Waals surface area contributed by atoms with E-state index in [9.17, 15) is 0 Å². The van der Waals surface area contributed by atoms with E-state index in [-0.39, 0.29) is 24.6 Å². The summed E-state index contributed by atoms with van der Waals surface area (Å²) in [7, 11) is 3.81. The van der Waals surface area contributed by atoms with Gasteiger partial charge in [-0.25, -0.2) is 0 Å². The molecular weight excluding hydrogens is 298 g/mol. The number of hydrogen-bond donors (Lipinski definition) is 0. The molecule has 20 heavy (non-hydrogen) atoms. The molecule has 0 saturated carbocycles. The lowest BCUT2D eigenvalue weighted by Crippen LogP contribution is -2.33. The van der Waals surface area contributed by atoms with Gasteiger partial charge in [0.25, 0.3) is 0 Å². The van der Waals surface area contributed by atoms with E-state index in [1.54, 1.807) is 7.11 Å². The molecule has 0 aromatic rings. The van der Waals surface area contributed by atoms with Gasteiger partial charge in [-0.15, -0.1) is 23.5 Å². The van der Waals surface area contributed by atoms with Crippen molar-refractivity contribution in [3.63, 3.8) is 0 Å². The highest BCUT2D eigenvalue weighted by atomic mass is 32.2. The quantitative estimate of drug-likeness (QED) is 0.786. The standard InChI is InChI=1S/C13H23NO4S2/c1-13(2)17-10-8(16-12(15-4)11(10)18-13)5-9-19-6-14(3)7-20-9/h8-12H,5-7H2,1-4H3/t8-,10-,11-,12-/m1/s1. The lowest BCUT2D eigenvalue weighted by Gasteiger charge is -2.30. The first kappa shape index (κ1) is 15.4. The monoisotopic (exact) mass is 321 g/mol. The van der Waals surface area contributed by atoms with Crippen LogP contribution in [-0.4, -0.2) is 65.8 Å². The zero-order valence-electron chi connectivity index (χ0n) is 12.4. The van der Waals surface area contributed by atoms with Gasteiger partial charge in [0, 0.05) is 18.9 Å². The third kappa shape index (κ3) is 3.14. The Morgan fingerprint density at radius 1 is 1.20 bits per heavy atom. The first-order chi connectivity index (χ1) is 9.48. The summed E-state index contributed by atoms with van der Waals surface area (Å²) >= 11 is 3.95. The van der Waals surface area contributed by atoms with Crippen LogP contribution >= 0.6 is 23.5 Å². The van der Waals surface area contributed by atoms with Crippen molar-refractivity contribution in [3.8, 4) is 0 Å². The van der Waals surface area contributed by atoms with E-state index in [1.165, 1.54) is 0 Å². The Morgan fingerprint density at radius 2 is 1.85 bits per heavy atom. The maximum atomic E-state index is 6.02. The van der Waals surface area contributed by atoms with Crippen molar-refractivity contribution in [2.75, 3.05) is 25.9 Å². The molecule has 0 aliphatic carbocycles. The van der Waals surface area contributed by atoms with Crippen LogP contribution in [0, 0.1) is 0 Å². The van der Waals surface area contributed by atoms with Gasteiger partial charge in [-0.3, -0.25) is 4.90 Å². The summed E-state index contributed by atoms with van der Waals surface area (Å²) < 4.78 is 23.9. The van der Waals surface area contributed by atoms with E-state index in [4.69, 9.17) is 18.9 Å². The molecule has 3 aliphatic heterocycles. The van der Waals surface area contributed by atoms with Crippen LogP contribution in [0.2, 0.25) is 0 Å². The van der Waals surface area contributed by atoms with Crippen molar-refractivity contribution in [2.45, 2.75) is 55.2 Å². The summed E-state index contributed by atoms with van der Waals surface area (Å²) in [6.45, 7) is 3.91. The molecule has 7 heteroatoms. The highest BCUT2D eigenvalue weighted by Crippen LogP contribution is 2.43. The number of nitrogens with zero attached hydrogens (tertiary/aromatic N) is 1. The molecule has 3 fully saturated rings. The van der Waals surface area contributed by atoms with E-state index in [0.717, 1.165) is 18.2 Å². The first-order valence-electron chi connectivity index (χ1n) is 6.94. The van der Waals surface area contributed by atoms with Gasteiger partial charge in [0.1, 0.15) is 12.2 Å². The van der Waals surface area contributed by atoms with Gasteiger partial charge in [0.05, 0.1) is 10.7 Å². The smallest absolute Gasteiger partial charge is 0.186 e. The number of rotatable bonds is 3. The first-order valence-corrected chi connectivity index (χ1v) is 9.04. The third-order valence-corrected chi connectivity index (χ3v) is 6.85. The highest BCUT2D eigenvalue weighted by Gasteiger charge is 2.55. The Labute approximate surface area is 129 Å². The third-order valence-electron chi connectivity index (χ3n) is 3.73. The molecule has 3 heterocycles. The zero-order chi connectivity index (χ0) is 14.3. The number of methoxy groups -OCH3 is 1. The van der Waals surface area contributed by atoms with E-state index < -0.39 is 5.79 Å². The molecule has 0 spiro atoms. The molecule has 0 amide bonds. The molecule has 3 aliphatic rings. The topological polar surface area (TPSA) is 40.2 Å². The van der Waals surface area contributed by atoms with Gasteiger partial charge in [-0.1, -0.05) is 0 Å². The van der Waals surface area contributed by atoms with Crippen molar-refractivity contribution in [3.05, 3.63) is 0 Å². The number of ether oxygens (including phenoxy) is 4. The summed E-state index contributed by atoms with van der Waals surface area (Å²) in [6, 6.07) is 0. The minimum absolute atomic E-state index is 0.0178. The molecule has 4 atom stereocenters. The highest BCUT2D eigenvalue weighted by molar-refractivity contribution is 8.17. The largest absolute Gasteiger partial charge is 0.353 e. The molecule has 0 bridgehead atoms. The molecule has 0 N–H and O–H groups in total. The van der Waals surface area contributed by atoms with E-state index in [0.29, 0.717) is 4.58 Å². The summed E-state index contributed by atoms with van der Waals surface area (Å²) in [5.41, 5.74) is 0. The van der Waals surface area contributed by atoms with Crippen LogP contribution in [0.15, 0.2) is 0 Å². The number of hydrogen-bond acceptors (Lipinski definition) is 7. The Morgan fingerprint density at radius 3 is 2.50 bits per heavy atom. The molecule has 0 radical (unpaired) electrons. The molecule has 3 saturated heterocycles. The minimum atomic E-state index is -0.540. The molecular formula is C13H23NO4S2. The van der Waals surface area contributed by atoms with E-state index in [2.05, 4.69) is 11.9 Å². The minimum Gasteiger partial charge on any atom is -0.353 e. The van der Waals surface area contributed by atoms with Crippen molar-refractivity contribution in [1.29, 1.82) is 0 Å². The predicted octanol–water partition coefficient (Wildman–Crippen LogP) is 1.92. The van der Waals surface area contributed by atoms with E-state index >= 15 is 0 Å². The summed E-state index contributed by atoms with van der Waals surface area (Å²) in [5.74, 6) is 1.62. The molecule has 0 unspecified atom stereocenters. The SMILES string of the molecule is CO[C@@H]1O[C@H](CC2SCN(C)CS2)[C@H]2OC(C)(C)O[C@@H]12. The molecule has 5 nitrogen and oxygen atoms in total. The van der Waals surface area contributed by atoms with Crippen LogP contribution in [0.5, 0.6) is 0 Å². The second-order valence-corrected chi connectivity index (χ2v) is 8.58. The van der Waals surface area contributed by atoms with Gasteiger partial charge in [0.2, 0.25) is 0 Å². The van der Waals surface area contributed by atoms with Gasteiger partial charge in [-0.2, -0.15) is 0 Å². The van der Waals surface area contributed by atoms with Crippen LogP contribution in [0.4, 0.5) is 0 Å². The Kier molecular flexibility index (Phi) is 4.58. The van der Waals surface area contributed by atoms with Gasteiger partial charge < -0.3 is 18.9 Å². The van der Waals surface area contributed by atoms with Crippen molar-refractivity contribution in [2.24, 2.45) is 0 Å². The van der Waals surface area contributed by atoms with Crippen molar-refractivity contribution in [1.82, 2.24) is 4.90 Å². The number of fused-ring (bicyclic) bond motifs is 1. The Bertz CT molecular complexity index is 349. The zero-order valence-corrected chi connectivity index (χ0v) is 14.0. The second-order valence-electron chi connectivity index (χ2n) is 5.96. The van der Waals surface area contributed by atoms with Gasteiger partial charge in [0.15, 0.2) is 12.1 Å². The number of thioether (sulfide) groups is 2. The van der Waals surface area contributed by atoms with Crippen LogP contribution in [-0.2, 0) is 18.9 Å². The summed E-state index contributed by atoms with van der Waals surface area (Å²) in [4.78, 5) is 2.32. The summed E-state index contributed by atoms with van der Waals surface area (Å²) in [5, 5.41) is 0. The maximum Gasteiger partial charge on any atom is 0.186 e. The molecule has 3 rings (SSSR count). The normalized spacial score (nSPS) is 42.0. The van der Waals surface area contributed by atoms with Crippen LogP contribution in [0.3, 0.4) is 0 Å². The molecule has 0 aromatic heterocycles. The fourth-order valence-electron chi connectivity index (χ4n) is 2.85. The Balaban J connectivity index is 1.62. The molecule has 0 aromatic carbocycles. The average Bonchev–Trinajstić information content (AvgIpc) is 2.86. The fourth-order valence-corrected chi connectivity index (χ4v) is 5.39. The van der Waals surface area contributed by atoms with Crippen LogP contribution in [0.25, 0.3) is 0 Å². The van der Waals surface area contributed by atoms with Crippen molar-refractivity contribution >= 4 is 23.5 Å². The molecule has 116 valence electrons. The average molecular weight is 321 g/mol. The second kappa shape index (κ2) is 5.95. The van der Waals surface area contributed by atoms with Crippen molar-refractivity contribution < 1.29 is 18.9 Å². The fraction of sp³-hybridized carbons (Fsp3) is 1.00. The lowest BCUT2D eigenvalue weighted by molar-refractivity contribution is -0.227. The van der Waals surface area contributed by atoms with Gasteiger partial charge >= 0.3 is 0 Å². The maximum absolute atomic E-state index is 6.02. The lowest BCUT2D eigenvalue weighted by atomic mass is 10.1. The van der Waals surface area contributed by atoms with Crippen LogP contribution in [0.1, 0.15) is 20.3 Å².